The van der Waals surface area contributed by atoms with E-state index in [1.807, 2.05) is 0 Å². The summed E-state index contributed by atoms with van der Waals surface area (Å²) in [7, 11) is 0. The third kappa shape index (κ3) is 6.89. The number of carbonyl (C=O) groups excluding carboxylic acids is 1. The molecule has 0 spiro atoms. The Bertz CT molecular complexity index is 198. The number of halogens is 1. The molecule has 0 aliphatic carbocycles. The van der Waals surface area contributed by atoms with Crippen LogP contribution < -0.4 is 0 Å². The molecule has 0 bridgehead atoms. The maximum absolute atomic E-state index is 10.6. The molecule has 0 fully saturated rings. The van der Waals surface area contributed by atoms with Crippen molar-refractivity contribution in [2.24, 2.45) is 5.11 Å². The molecule has 0 radical (unpaired) electrons. The summed E-state index contributed by atoms with van der Waals surface area (Å²) in [5.74, 6) is -0.517. The summed E-state index contributed by atoms with van der Waals surface area (Å²) in [5.41, 5.74) is 7.80. The molecule has 0 N–H and O–H groups in total. The van der Waals surface area contributed by atoms with Crippen LogP contribution in [0, 0.1) is 0 Å². The summed E-state index contributed by atoms with van der Waals surface area (Å²) < 4.78 is 4.58. The van der Waals surface area contributed by atoms with Gasteiger partial charge in [0.25, 0.3) is 0 Å². The van der Waals surface area contributed by atoms with Gasteiger partial charge in [-0.1, -0.05) is 21.0 Å². The fourth-order valence-corrected chi connectivity index (χ4v) is 0.473. The van der Waals surface area contributed by atoms with Gasteiger partial charge >= 0.3 is 5.97 Å². The lowest BCUT2D eigenvalue weighted by molar-refractivity contribution is -0.137. The van der Waals surface area contributed by atoms with E-state index in [4.69, 9.17) is 5.53 Å². The van der Waals surface area contributed by atoms with Gasteiger partial charge in [0.2, 0.25) is 0 Å². The van der Waals surface area contributed by atoms with Gasteiger partial charge < -0.3 is 4.74 Å². The summed E-state index contributed by atoms with van der Waals surface area (Å²) in [5, 5.41) is 3.60. The van der Waals surface area contributed by atoms with Gasteiger partial charge in [-0.05, 0) is 5.53 Å². The van der Waals surface area contributed by atoms with Crippen LogP contribution in [0.4, 0.5) is 0 Å². The first-order chi connectivity index (χ1) is 5.31. The van der Waals surface area contributed by atoms with Crippen molar-refractivity contribution in [3.05, 3.63) is 22.7 Å². The minimum absolute atomic E-state index is 0.305. The standard InChI is InChI=1S/C5H6BrN3O2/c6-2-4-11-5(10)1-3-8-9-7/h1,3H,2,4H2/b3-1-. The number of hydrogen-bond acceptors (Lipinski definition) is 3. The number of ether oxygens (including phenoxy) is 1. The molecule has 0 aliphatic heterocycles. The molecule has 0 aromatic rings. The molecular formula is C5H6BrN3O2. The zero-order valence-corrected chi connectivity index (χ0v) is 7.19. The Labute approximate surface area is 71.8 Å². The number of alkyl halides is 1. The van der Waals surface area contributed by atoms with Crippen molar-refractivity contribution in [3.8, 4) is 0 Å². The Morgan fingerprint density at radius 1 is 1.82 bits per heavy atom. The molecule has 0 unspecified atom stereocenters. The summed E-state index contributed by atoms with van der Waals surface area (Å²) >= 11 is 3.08. The summed E-state index contributed by atoms with van der Waals surface area (Å²) in [6, 6.07) is 0. The van der Waals surface area contributed by atoms with Gasteiger partial charge in [0.1, 0.15) is 6.61 Å². The highest BCUT2D eigenvalue weighted by Gasteiger charge is 1.92. The van der Waals surface area contributed by atoms with E-state index < -0.39 is 5.97 Å². The third-order valence-corrected chi connectivity index (χ3v) is 0.974. The minimum atomic E-state index is -0.517. The Balaban J connectivity index is 3.59. The van der Waals surface area contributed by atoms with E-state index in [9.17, 15) is 4.79 Å². The Morgan fingerprint density at radius 3 is 3.09 bits per heavy atom. The van der Waals surface area contributed by atoms with Crippen LogP contribution in [-0.2, 0) is 9.53 Å². The second kappa shape index (κ2) is 7.11. The van der Waals surface area contributed by atoms with Gasteiger partial charge in [0.05, 0.1) is 0 Å². The van der Waals surface area contributed by atoms with E-state index in [0.717, 1.165) is 12.3 Å². The molecule has 0 aliphatic rings. The Kier molecular flexibility index (Phi) is 6.46. The molecule has 0 atom stereocenters. The van der Waals surface area contributed by atoms with Crippen molar-refractivity contribution in [3.63, 3.8) is 0 Å². The summed E-state index contributed by atoms with van der Waals surface area (Å²) in [4.78, 5) is 13.0. The van der Waals surface area contributed by atoms with E-state index in [-0.39, 0.29) is 0 Å². The highest BCUT2D eigenvalue weighted by molar-refractivity contribution is 9.09. The highest BCUT2D eigenvalue weighted by Crippen LogP contribution is 1.85. The van der Waals surface area contributed by atoms with Crippen molar-refractivity contribution in [2.75, 3.05) is 11.9 Å². The number of rotatable bonds is 4. The van der Waals surface area contributed by atoms with Crippen LogP contribution in [0.25, 0.3) is 10.4 Å². The van der Waals surface area contributed by atoms with E-state index in [0.29, 0.717) is 11.9 Å². The van der Waals surface area contributed by atoms with E-state index in [1.54, 1.807) is 0 Å². The lowest BCUT2D eigenvalue weighted by Crippen LogP contribution is -2.02. The molecule has 0 saturated carbocycles. The van der Waals surface area contributed by atoms with Crippen LogP contribution in [-0.4, -0.2) is 17.9 Å². The lowest BCUT2D eigenvalue weighted by Gasteiger charge is -1.94. The fourth-order valence-electron chi connectivity index (χ4n) is 0.311. The predicted molar refractivity (Wildman–Crippen MR) is 43.0 cm³/mol. The van der Waals surface area contributed by atoms with E-state index >= 15 is 0 Å². The van der Waals surface area contributed by atoms with Gasteiger partial charge in [-0.15, -0.1) is 0 Å². The maximum Gasteiger partial charge on any atom is 0.330 e. The van der Waals surface area contributed by atoms with E-state index in [2.05, 4.69) is 30.7 Å². The quantitative estimate of drug-likeness (QED) is 0.181. The maximum atomic E-state index is 10.6. The van der Waals surface area contributed by atoms with Crippen molar-refractivity contribution in [1.29, 1.82) is 0 Å². The van der Waals surface area contributed by atoms with Gasteiger partial charge in [0.15, 0.2) is 0 Å². The normalized spacial score (nSPS) is 9.18. The number of carbonyl (C=O) groups is 1. The molecule has 0 rings (SSSR count). The first kappa shape index (κ1) is 10.0. The van der Waals surface area contributed by atoms with Crippen LogP contribution in [0.15, 0.2) is 17.4 Å². The molecule has 0 heterocycles. The van der Waals surface area contributed by atoms with Crippen LogP contribution >= 0.6 is 15.9 Å². The zero-order chi connectivity index (χ0) is 8.53. The molecule has 6 heteroatoms. The van der Waals surface area contributed by atoms with Crippen molar-refractivity contribution < 1.29 is 9.53 Å². The van der Waals surface area contributed by atoms with Gasteiger partial charge in [-0.3, -0.25) is 0 Å². The molecule has 0 saturated heterocycles. The second-order valence-electron chi connectivity index (χ2n) is 1.38. The molecule has 0 aromatic heterocycles. The molecule has 0 amide bonds. The molecule has 5 nitrogen and oxygen atoms in total. The Hall–Kier alpha value is -1.00. The molecule has 60 valence electrons. The van der Waals surface area contributed by atoms with Crippen molar-refractivity contribution in [1.82, 2.24) is 0 Å². The minimum Gasteiger partial charge on any atom is -0.462 e. The van der Waals surface area contributed by atoms with Crippen LogP contribution in [0.2, 0.25) is 0 Å². The number of nitrogens with zero attached hydrogens (tertiary/aromatic N) is 3. The van der Waals surface area contributed by atoms with Gasteiger partial charge in [0, 0.05) is 22.5 Å². The van der Waals surface area contributed by atoms with Crippen LogP contribution in [0.3, 0.4) is 0 Å². The van der Waals surface area contributed by atoms with E-state index in [1.165, 1.54) is 0 Å². The summed E-state index contributed by atoms with van der Waals surface area (Å²) in [6.07, 6.45) is 2.10. The topological polar surface area (TPSA) is 75.1 Å². The number of esters is 1. The monoisotopic (exact) mass is 219 g/mol. The average molecular weight is 220 g/mol. The number of hydrogen-bond donors (Lipinski definition) is 0. The largest absolute Gasteiger partial charge is 0.462 e. The van der Waals surface area contributed by atoms with Crippen LogP contribution in [0.5, 0.6) is 0 Å². The first-order valence-corrected chi connectivity index (χ1v) is 3.87. The fraction of sp³-hybridized carbons (Fsp3) is 0.400. The molecule has 0 aromatic carbocycles. The third-order valence-electron chi connectivity index (χ3n) is 0.650. The Morgan fingerprint density at radius 2 is 2.55 bits per heavy atom. The average Bonchev–Trinajstić information content (AvgIpc) is 2.01. The lowest BCUT2D eigenvalue weighted by atomic mass is 10.6. The first-order valence-electron chi connectivity index (χ1n) is 2.74. The highest BCUT2D eigenvalue weighted by atomic mass is 79.9. The second-order valence-corrected chi connectivity index (χ2v) is 2.17. The number of azide groups is 1. The molecule has 11 heavy (non-hydrogen) atoms. The van der Waals surface area contributed by atoms with Gasteiger partial charge in [-0.2, -0.15) is 0 Å². The zero-order valence-electron chi connectivity index (χ0n) is 5.61. The van der Waals surface area contributed by atoms with Crippen molar-refractivity contribution >= 4 is 21.9 Å². The SMILES string of the molecule is [N-]=[N+]=N/C=C\C(=O)OCCBr. The van der Waals surface area contributed by atoms with Crippen molar-refractivity contribution in [2.45, 2.75) is 0 Å². The van der Waals surface area contributed by atoms with Crippen LogP contribution in [0.1, 0.15) is 0 Å². The van der Waals surface area contributed by atoms with Gasteiger partial charge in [-0.25, -0.2) is 4.79 Å². The predicted octanol–water partition coefficient (Wildman–Crippen LogP) is 1.75. The molecular weight excluding hydrogens is 214 g/mol. The summed E-state index contributed by atoms with van der Waals surface area (Å²) in [6.45, 7) is 0.305. The smallest absolute Gasteiger partial charge is 0.330 e.